The van der Waals surface area contributed by atoms with E-state index in [4.69, 9.17) is 14.7 Å². The van der Waals surface area contributed by atoms with Crippen LogP contribution < -0.4 is 4.90 Å². The van der Waals surface area contributed by atoms with E-state index in [1.165, 1.54) is 0 Å². The van der Waals surface area contributed by atoms with Gasteiger partial charge in [0, 0.05) is 36.6 Å². The summed E-state index contributed by atoms with van der Waals surface area (Å²) in [4.78, 5) is 11.9. The molecule has 1 aromatic carbocycles. The van der Waals surface area contributed by atoms with Crippen molar-refractivity contribution in [2.75, 3.05) is 18.6 Å². The number of hydrogen-bond donors (Lipinski definition) is 1. The molecule has 2 aromatic heterocycles. The summed E-state index contributed by atoms with van der Waals surface area (Å²) in [5, 5.41) is 26.3. The van der Waals surface area contributed by atoms with Gasteiger partial charge in [-0.15, -0.1) is 0 Å². The SMILES string of the molecule is COCc1nc(N2CC3(C(C)(C)O)CC2C3)cc(-n2ncc3ccc(C4(C#N)CCC4)cc32)n1. The molecule has 8 nitrogen and oxygen atoms in total. The summed E-state index contributed by atoms with van der Waals surface area (Å²) in [6.07, 6.45) is 6.67. The maximum absolute atomic E-state index is 10.8. The summed E-state index contributed by atoms with van der Waals surface area (Å²) >= 11 is 0. The highest BCUT2D eigenvalue weighted by Gasteiger charge is 2.62. The van der Waals surface area contributed by atoms with Crippen molar-refractivity contribution >= 4 is 16.7 Å². The van der Waals surface area contributed by atoms with Gasteiger partial charge in [-0.1, -0.05) is 12.1 Å². The van der Waals surface area contributed by atoms with Gasteiger partial charge >= 0.3 is 0 Å². The van der Waals surface area contributed by atoms with Gasteiger partial charge in [-0.3, -0.25) is 0 Å². The Morgan fingerprint density at radius 1 is 1.21 bits per heavy atom. The number of hydrogen-bond acceptors (Lipinski definition) is 7. The number of aliphatic hydroxyl groups is 1. The highest BCUT2D eigenvalue weighted by atomic mass is 16.5. The molecule has 2 aliphatic heterocycles. The Balaban J connectivity index is 1.42. The fourth-order valence-electron chi connectivity index (χ4n) is 6.02. The number of ether oxygens (including phenoxy) is 1. The van der Waals surface area contributed by atoms with Crippen molar-refractivity contribution < 1.29 is 9.84 Å². The van der Waals surface area contributed by atoms with Gasteiger partial charge in [0.25, 0.3) is 0 Å². The summed E-state index contributed by atoms with van der Waals surface area (Å²) in [6, 6.07) is 11.1. The first kappa shape index (κ1) is 21.5. The average Bonchev–Trinajstić information content (AvgIpc) is 3.44. The van der Waals surface area contributed by atoms with Crippen LogP contribution in [0.3, 0.4) is 0 Å². The summed E-state index contributed by atoms with van der Waals surface area (Å²) in [5.41, 5.74) is 0.783. The third-order valence-corrected chi connectivity index (χ3v) is 8.54. The van der Waals surface area contributed by atoms with Gasteiger partial charge in [0.2, 0.25) is 0 Å². The lowest BCUT2D eigenvalue weighted by atomic mass is 9.61. The molecule has 0 unspecified atom stereocenters. The lowest BCUT2D eigenvalue weighted by molar-refractivity contribution is -0.0754. The highest BCUT2D eigenvalue weighted by Crippen LogP contribution is 2.58. The van der Waals surface area contributed by atoms with Crippen molar-refractivity contribution in [3.05, 3.63) is 41.9 Å². The zero-order chi connectivity index (χ0) is 23.7. The Kier molecular flexibility index (Phi) is 4.58. The van der Waals surface area contributed by atoms with Gasteiger partial charge in [0.15, 0.2) is 11.6 Å². The van der Waals surface area contributed by atoms with E-state index in [2.05, 4.69) is 28.2 Å². The molecule has 2 aliphatic carbocycles. The first-order valence-corrected chi connectivity index (χ1v) is 12.0. The van der Waals surface area contributed by atoms with Gasteiger partial charge < -0.3 is 14.7 Å². The van der Waals surface area contributed by atoms with Crippen molar-refractivity contribution in [1.29, 1.82) is 5.26 Å². The molecule has 4 aliphatic rings. The van der Waals surface area contributed by atoms with Crippen LogP contribution >= 0.6 is 0 Å². The van der Waals surface area contributed by atoms with Crippen LogP contribution in [0.2, 0.25) is 0 Å². The van der Waals surface area contributed by atoms with Crippen LogP contribution in [0.25, 0.3) is 16.7 Å². The number of fused-ring (bicyclic) bond motifs is 2. The van der Waals surface area contributed by atoms with Crippen LogP contribution in [0, 0.1) is 16.7 Å². The number of methoxy groups -OCH3 is 1. The average molecular weight is 459 g/mol. The molecule has 4 fully saturated rings. The van der Waals surface area contributed by atoms with E-state index in [1.807, 2.05) is 36.9 Å². The van der Waals surface area contributed by atoms with E-state index in [9.17, 15) is 10.4 Å². The standard InChI is InChI=1S/C26H30N6O2/c1-24(2,33)26-11-19(12-26)31(16-26)22-10-23(30-21(29-22)14-34-3)32-20-9-18(6-5-17(20)13-28-32)25(15-27)7-4-8-25/h5-6,9-10,13,19,33H,4,7-8,11-12,14,16H2,1-3H3. The van der Waals surface area contributed by atoms with E-state index < -0.39 is 5.60 Å². The van der Waals surface area contributed by atoms with Crippen LogP contribution in [0.5, 0.6) is 0 Å². The highest BCUT2D eigenvalue weighted by molar-refractivity contribution is 5.81. The van der Waals surface area contributed by atoms with E-state index in [1.54, 1.807) is 7.11 Å². The van der Waals surface area contributed by atoms with Crippen LogP contribution in [-0.4, -0.2) is 50.2 Å². The third kappa shape index (κ3) is 3.00. The van der Waals surface area contributed by atoms with Crippen LogP contribution in [0.1, 0.15) is 57.3 Å². The van der Waals surface area contributed by atoms with Crippen LogP contribution in [-0.2, 0) is 16.8 Å². The van der Waals surface area contributed by atoms with Crippen LogP contribution in [0.4, 0.5) is 5.82 Å². The van der Waals surface area contributed by atoms with Crippen molar-refractivity contribution in [2.24, 2.45) is 5.41 Å². The molecule has 0 radical (unpaired) electrons. The minimum atomic E-state index is -0.726. The number of nitriles is 1. The predicted molar refractivity (Wildman–Crippen MR) is 128 cm³/mol. The molecule has 0 amide bonds. The van der Waals surface area contributed by atoms with Gasteiger partial charge in [-0.2, -0.15) is 10.4 Å². The lowest BCUT2D eigenvalue weighted by Gasteiger charge is -2.45. The molecule has 7 rings (SSSR count). The summed E-state index contributed by atoms with van der Waals surface area (Å²) in [7, 11) is 1.64. The number of nitrogens with zero attached hydrogens (tertiary/aromatic N) is 6. The molecule has 2 saturated carbocycles. The maximum atomic E-state index is 10.8. The van der Waals surface area contributed by atoms with Crippen LogP contribution in [0.15, 0.2) is 30.5 Å². The predicted octanol–water partition coefficient (Wildman–Crippen LogP) is 3.65. The first-order chi connectivity index (χ1) is 16.3. The zero-order valence-electron chi connectivity index (χ0n) is 20.0. The van der Waals surface area contributed by atoms with Crippen molar-refractivity contribution in [2.45, 2.75) is 69.6 Å². The topological polar surface area (TPSA) is 100 Å². The molecule has 176 valence electrons. The monoisotopic (exact) mass is 458 g/mol. The Morgan fingerprint density at radius 3 is 2.59 bits per heavy atom. The fourth-order valence-corrected chi connectivity index (χ4v) is 6.02. The lowest BCUT2D eigenvalue weighted by Crippen LogP contribution is -2.50. The molecular formula is C26H30N6O2. The maximum Gasteiger partial charge on any atom is 0.159 e. The number of aromatic nitrogens is 4. The molecule has 4 heterocycles. The summed E-state index contributed by atoms with van der Waals surface area (Å²) in [6.45, 7) is 4.91. The zero-order valence-corrected chi connectivity index (χ0v) is 20.0. The normalized spacial score (nSPS) is 25.1. The second kappa shape index (κ2) is 7.24. The molecule has 34 heavy (non-hydrogen) atoms. The Bertz CT molecular complexity index is 1310. The minimum Gasteiger partial charge on any atom is -0.390 e. The number of benzene rings is 1. The molecular weight excluding hydrogens is 428 g/mol. The number of anilines is 1. The quantitative estimate of drug-likeness (QED) is 0.602. The minimum absolute atomic E-state index is 0.0914. The second-order valence-electron chi connectivity index (χ2n) is 10.8. The largest absolute Gasteiger partial charge is 0.390 e. The molecule has 8 heteroatoms. The van der Waals surface area contributed by atoms with Crippen molar-refractivity contribution in [1.82, 2.24) is 19.7 Å². The first-order valence-electron chi connectivity index (χ1n) is 12.0. The second-order valence-corrected chi connectivity index (χ2v) is 10.8. The molecule has 0 atom stereocenters. The Labute approximate surface area is 199 Å². The molecule has 1 N–H and O–H groups in total. The summed E-state index contributed by atoms with van der Waals surface area (Å²) in [5.74, 6) is 2.13. The summed E-state index contributed by atoms with van der Waals surface area (Å²) < 4.78 is 7.21. The Hall–Kier alpha value is -3.02. The van der Waals surface area contributed by atoms with Gasteiger partial charge in [0.1, 0.15) is 12.4 Å². The van der Waals surface area contributed by atoms with E-state index >= 15 is 0 Å². The smallest absolute Gasteiger partial charge is 0.159 e. The molecule has 3 aromatic rings. The Morgan fingerprint density at radius 2 is 1.97 bits per heavy atom. The van der Waals surface area contributed by atoms with Crippen molar-refractivity contribution in [3.63, 3.8) is 0 Å². The molecule has 2 bridgehead atoms. The number of rotatable bonds is 6. The molecule has 2 saturated heterocycles. The van der Waals surface area contributed by atoms with Crippen molar-refractivity contribution in [3.8, 4) is 11.9 Å². The van der Waals surface area contributed by atoms with E-state index in [-0.39, 0.29) is 10.8 Å². The van der Waals surface area contributed by atoms with E-state index in [0.29, 0.717) is 24.3 Å². The third-order valence-electron chi connectivity index (χ3n) is 8.54. The van der Waals surface area contributed by atoms with Gasteiger partial charge in [0.05, 0.1) is 28.8 Å². The van der Waals surface area contributed by atoms with Gasteiger partial charge in [-0.05, 0) is 57.6 Å². The van der Waals surface area contributed by atoms with E-state index in [0.717, 1.165) is 60.9 Å². The molecule has 0 spiro atoms. The fraction of sp³-hybridized carbons (Fsp3) is 0.538. The van der Waals surface area contributed by atoms with Gasteiger partial charge in [-0.25, -0.2) is 14.6 Å².